The summed E-state index contributed by atoms with van der Waals surface area (Å²) in [5.41, 5.74) is 6.97. The summed E-state index contributed by atoms with van der Waals surface area (Å²) in [6.45, 7) is 0. The zero-order valence-electron chi connectivity index (χ0n) is 8.88. The van der Waals surface area contributed by atoms with Crippen LogP contribution < -0.4 is 10.5 Å². The van der Waals surface area contributed by atoms with Crippen LogP contribution in [0.15, 0.2) is 18.2 Å². The quantitative estimate of drug-likeness (QED) is 0.889. The second-order valence-electron chi connectivity index (χ2n) is 4.08. The molecule has 0 saturated heterocycles. The summed E-state index contributed by atoms with van der Waals surface area (Å²) in [6.07, 6.45) is 1.51. The van der Waals surface area contributed by atoms with Crippen LogP contribution in [0.5, 0.6) is 0 Å². The van der Waals surface area contributed by atoms with Gasteiger partial charge in [-0.15, -0.1) is 0 Å². The molecule has 0 aliphatic heterocycles. The van der Waals surface area contributed by atoms with Crippen LogP contribution in [0.4, 0.5) is 10.8 Å². The summed E-state index contributed by atoms with van der Waals surface area (Å²) in [6, 6.07) is 5.25. The Kier molecular flexibility index (Phi) is 2.27. The normalized spacial score (nSPS) is 16.2. The van der Waals surface area contributed by atoms with Gasteiger partial charge in [-0.3, -0.25) is 4.72 Å². The van der Waals surface area contributed by atoms with Crippen molar-refractivity contribution in [3.63, 3.8) is 0 Å². The summed E-state index contributed by atoms with van der Waals surface area (Å²) >= 11 is 1.35. The van der Waals surface area contributed by atoms with E-state index in [1.807, 2.05) is 0 Å². The van der Waals surface area contributed by atoms with Crippen molar-refractivity contribution >= 4 is 42.4 Å². The van der Waals surface area contributed by atoms with E-state index in [1.165, 1.54) is 11.3 Å². The Labute approximate surface area is 103 Å². The molecule has 5 nitrogen and oxygen atoms in total. The minimum Gasteiger partial charge on any atom is -0.375 e. The lowest BCUT2D eigenvalue weighted by atomic mass is 10.3. The number of nitrogen functional groups attached to an aromatic ring is 1. The largest absolute Gasteiger partial charge is 0.375 e. The fourth-order valence-corrected chi connectivity index (χ4v) is 3.78. The average molecular weight is 269 g/mol. The van der Waals surface area contributed by atoms with Crippen molar-refractivity contribution in [3.05, 3.63) is 18.2 Å². The van der Waals surface area contributed by atoms with Crippen LogP contribution in [-0.2, 0) is 10.0 Å². The number of thiazole rings is 1. The van der Waals surface area contributed by atoms with E-state index < -0.39 is 10.0 Å². The zero-order valence-corrected chi connectivity index (χ0v) is 10.5. The molecule has 0 atom stereocenters. The summed E-state index contributed by atoms with van der Waals surface area (Å²) in [7, 11) is -3.20. The van der Waals surface area contributed by atoms with Gasteiger partial charge in [-0.25, -0.2) is 13.4 Å². The number of aromatic nitrogens is 1. The van der Waals surface area contributed by atoms with Gasteiger partial charge in [0.05, 0.1) is 21.2 Å². The fraction of sp³-hybridized carbons (Fsp3) is 0.300. The van der Waals surface area contributed by atoms with Crippen molar-refractivity contribution < 1.29 is 8.42 Å². The van der Waals surface area contributed by atoms with E-state index in [-0.39, 0.29) is 5.25 Å². The molecule has 90 valence electrons. The van der Waals surface area contributed by atoms with Crippen molar-refractivity contribution in [2.75, 3.05) is 10.5 Å². The lowest BCUT2D eigenvalue weighted by molar-refractivity contribution is 0.600. The molecule has 1 fully saturated rings. The van der Waals surface area contributed by atoms with Crippen molar-refractivity contribution in [1.29, 1.82) is 0 Å². The third-order valence-corrected chi connectivity index (χ3v) is 5.34. The van der Waals surface area contributed by atoms with E-state index in [0.29, 0.717) is 10.8 Å². The Balaban J connectivity index is 1.95. The topological polar surface area (TPSA) is 85.1 Å². The third kappa shape index (κ3) is 2.07. The number of hydrogen-bond donors (Lipinski definition) is 2. The number of fused-ring (bicyclic) bond motifs is 1. The molecule has 2 aromatic rings. The first kappa shape index (κ1) is 10.8. The average Bonchev–Trinajstić information content (AvgIpc) is 3.01. The summed E-state index contributed by atoms with van der Waals surface area (Å²) in [5, 5.41) is 0.270. The molecule has 7 heteroatoms. The van der Waals surface area contributed by atoms with E-state index in [9.17, 15) is 8.42 Å². The Morgan fingerprint density at radius 2 is 2.18 bits per heavy atom. The van der Waals surface area contributed by atoms with Crippen molar-refractivity contribution in [3.8, 4) is 0 Å². The summed E-state index contributed by atoms with van der Waals surface area (Å²) in [5.74, 6) is 0. The zero-order chi connectivity index (χ0) is 12.0. The van der Waals surface area contributed by atoms with Crippen LogP contribution in [-0.4, -0.2) is 18.7 Å². The Bertz CT molecular complexity index is 674. The van der Waals surface area contributed by atoms with Gasteiger partial charge in [0.2, 0.25) is 10.0 Å². The molecule has 1 aromatic heterocycles. The van der Waals surface area contributed by atoms with Crippen LogP contribution in [0, 0.1) is 0 Å². The first-order valence-electron chi connectivity index (χ1n) is 5.22. The van der Waals surface area contributed by atoms with Gasteiger partial charge >= 0.3 is 0 Å². The monoisotopic (exact) mass is 269 g/mol. The molecule has 0 spiro atoms. The molecular weight excluding hydrogens is 258 g/mol. The predicted octanol–water partition coefficient (Wildman–Crippen LogP) is 1.78. The van der Waals surface area contributed by atoms with Gasteiger partial charge in [0, 0.05) is 0 Å². The minimum absolute atomic E-state index is 0.218. The Morgan fingerprint density at radius 1 is 1.41 bits per heavy atom. The van der Waals surface area contributed by atoms with Crippen molar-refractivity contribution in [1.82, 2.24) is 4.98 Å². The van der Waals surface area contributed by atoms with Crippen LogP contribution in [0.2, 0.25) is 0 Å². The molecule has 0 radical (unpaired) electrons. The molecule has 1 aliphatic carbocycles. The lowest BCUT2D eigenvalue weighted by Gasteiger charge is -2.06. The molecule has 1 aliphatic rings. The molecule has 0 unspecified atom stereocenters. The lowest BCUT2D eigenvalue weighted by Crippen LogP contribution is -2.17. The molecule has 0 bridgehead atoms. The summed E-state index contributed by atoms with van der Waals surface area (Å²) < 4.78 is 27.0. The highest BCUT2D eigenvalue weighted by Gasteiger charge is 2.35. The molecule has 1 aromatic carbocycles. The van der Waals surface area contributed by atoms with Gasteiger partial charge in [0.25, 0.3) is 0 Å². The molecule has 0 amide bonds. The van der Waals surface area contributed by atoms with Gasteiger partial charge < -0.3 is 5.73 Å². The molecule has 3 rings (SSSR count). The van der Waals surface area contributed by atoms with E-state index in [0.717, 1.165) is 23.1 Å². The van der Waals surface area contributed by atoms with Crippen LogP contribution >= 0.6 is 11.3 Å². The third-order valence-electron chi connectivity index (χ3n) is 2.63. The highest BCUT2D eigenvalue weighted by Crippen LogP contribution is 2.31. The number of sulfonamides is 1. The number of rotatable bonds is 3. The smallest absolute Gasteiger partial charge is 0.235 e. The van der Waals surface area contributed by atoms with E-state index in [4.69, 9.17) is 5.73 Å². The van der Waals surface area contributed by atoms with E-state index >= 15 is 0 Å². The standard InChI is InChI=1S/C10H11N3O2S2/c11-10-12-8-4-1-6(5-9(8)16-10)13-17(14,15)7-2-3-7/h1,4-5,7,13H,2-3H2,(H2,11,12). The minimum atomic E-state index is -3.20. The van der Waals surface area contributed by atoms with Gasteiger partial charge in [-0.2, -0.15) is 0 Å². The van der Waals surface area contributed by atoms with Crippen LogP contribution in [0.25, 0.3) is 10.2 Å². The van der Waals surface area contributed by atoms with E-state index in [1.54, 1.807) is 18.2 Å². The maximum absolute atomic E-state index is 11.8. The molecule has 1 saturated carbocycles. The number of anilines is 2. The fourth-order valence-electron chi connectivity index (χ4n) is 1.63. The number of nitrogens with two attached hydrogens (primary N) is 1. The van der Waals surface area contributed by atoms with E-state index in [2.05, 4.69) is 9.71 Å². The molecule has 1 heterocycles. The van der Waals surface area contributed by atoms with Crippen LogP contribution in [0.3, 0.4) is 0 Å². The first-order chi connectivity index (χ1) is 8.04. The van der Waals surface area contributed by atoms with Gasteiger partial charge in [0.1, 0.15) is 0 Å². The number of hydrogen-bond acceptors (Lipinski definition) is 5. The Hall–Kier alpha value is -1.34. The first-order valence-corrected chi connectivity index (χ1v) is 7.58. The second-order valence-corrected chi connectivity index (χ2v) is 7.10. The maximum atomic E-state index is 11.8. The number of nitrogens with one attached hydrogen (secondary N) is 1. The van der Waals surface area contributed by atoms with Gasteiger partial charge in [-0.1, -0.05) is 11.3 Å². The van der Waals surface area contributed by atoms with Gasteiger partial charge in [0.15, 0.2) is 5.13 Å². The highest BCUT2D eigenvalue weighted by molar-refractivity contribution is 7.93. The number of benzene rings is 1. The van der Waals surface area contributed by atoms with Crippen LogP contribution in [0.1, 0.15) is 12.8 Å². The number of nitrogens with zero attached hydrogens (tertiary/aromatic N) is 1. The van der Waals surface area contributed by atoms with Crippen molar-refractivity contribution in [2.24, 2.45) is 0 Å². The summed E-state index contributed by atoms with van der Waals surface area (Å²) in [4.78, 5) is 4.12. The maximum Gasteiger partial charge on any atom is 0.235 e. The predicted molar refractivity (Wildman–Crippen MR) is 69.6 cm³/mol. The second kappa shape index (κ2) is 3.58. The Morgan fingerprint density at radius 3 is 2.88 bits per heavy atom. The molecular formula is C10H11N3O2S2. The van der Waals surface area contributed by atoms with Crippen molar-refractivity contribution in [2.45, 2.75) is 18.1 Å². The van der Waals surface area contributed by atoms with Gasteiger partial charge in [-0.05, 0) is 31.0 Å². The molecule has 17 heavy (non-hydrogen) atoms. The highest BCUT2D eigenvalue weighted by atomic mass is 32.2. The SMILES string of the molecule is Nc1nc2ccc(NS(=O)(=O)C3CC3)cc2s1. The molecule has 3 N–H and O–H groups in total.